The molecule has 0 heterocycles. The molecule has 0 unspecified atom stereocenters. The number of hydrogen-bond acceptors (Lipinski definition) is 3. The number of carbonyl (C=O) groups is 1. The first-order valence-corrected chi connectivity index (χ1v) is 7.87. The van der Waals surface area contributed by atoms with Gasteiger partial charge in [-0.1, -0.05) is 29.8 Å². The number of benzene rings is 1. The van der Waals surface area contributed by atoms with Crippen molar-refractivity contribution in [3.63, 3.8) is 0 Å². The summed E-state index contributed by atoms with van der Waals surface area (Å²) in [5, 5.41) is 12.1. The van der Waals surface area contributed by atoms with Gasteiger partial charge in [0.1, 0.15) is 0 Å². The van der Waals surface area contributed by atoms with Gasteiger partial charge in [0.2, 0.25) is 5.91 Å². The highest BCUT2D eigenvalue weighted by Gasteiger charge is 2.26. The van der Waals surface area contributed by atoms with E-state index in [0.717, 1.165) is 18.6 Å². The molecule has 1 saturated carbocycles. The molecular weight excluding hydrogens is 258 g/mol. The van der Waals surface area contributed by atoms with Gasteiger partial charge in [-0.25, -0.2) is 0 Å². The number of rotatable bonds is 6. The molecule has 1 aliphatic rings. The Morgan fingerprint density at radius 1 is 1.37 bits per heavy atom. The second kappa shape index (κ2) is 6.96. The first-order chi connectivity index (χ1) is 9.13. The Morgan fingerprint density at radius 3 is 2.68 bits per heavy atom. The van der Waals surface area contributed by atoms with Crippen LogP contribution in [0, 0.1) is 12.8 Å². The van der Waals surface area contributed by atoms with Crippen LogP contribution in [0.15, 0.2) is 24.3 Å². The zero-order valence-corrected chi connectivity index (χ0v) is 12.1. The molecule has 1 amide bonds. The fourth-order valence-corrected chi connectivity index (χ4v) is 2.94. The number of thioether (sulfide) groups is 1. The highest BCUT2D eigenvalue weighted by molar-refractivity contribution is 7.99. The molecule has 0 radical (unpaired) electrons. The molecule has 0 saturated heterocycles. The van der Waals surface area contributed by atoms with Gasteiger partial charge in [-0.15, -0.1) is 11.8 Å². The van der Waals surface area contributed by atoms with E-state index in [1.165, 1.54) is 11.1 Å². The lowest BCUT2D eigenvalue weighted by Gasteiger charge is -2.31. The molecule has 0 aromatic heterocycles. The minimum Gasteiger partial charge on any atom is -0.393 e. The Bertz CT molecular complexity index is 413. The predicted octanol–water partition coefficient (Wildman–Crippen LogP) is 2.12. The van der Waals surface area contributed by atoms with Gasteiger partial charge in [-0.3, -0.25) is 4.79 Å². The van der Waals surface area contributed by atoms with Gasteiger partial charge in [-0.2, -0.15) is 0 Å². The van der Waals surface area contributed by atoms with Crippen molar-refractivity contribution in [3.8, 4) is 0 Å². The summed E-state index contributed by atoms with van der Waals surface area (Å²) in [6, 6.07) is 8.40. The van der Waals surface area contributed by atoms with E-state index in [1.807, 2.05) is 0 Å². The van der Waals surface area contributed by atoms with Crippen molar-refractivity contribution in [1.29, 1.82) is 0 Å². The molecule has 104 valence electrons. The van der Waals surface area contributed by atoms with Crippen LogP contribution in [0.3, 0.4) is 0 Å². The molecule has 3 nitrogen and oxygen atoms in total. The zero-order valence-electron chi connectivity index (χ0n) is 11.3. The molecular formula is C15H21NO2S. The van der Waals surface area contributed by atoms with Crippen LogP contribution >= 0.6 is 11.8 Å². The van der Waals surface area contributed by atoms with Crippen LogP contribution in [-0.2, 0) is 10.5 Å². The standard InChI is InChI=1S/C15H21NO2S/c1-11-2-4-12(5-3-11)9-19-10-15(18)16-8-13-6-14(17)7-13/h2-5,13-14,17H,6-10H2,1H3,(H,16,18). The number of aryl methyl sites for hydroxylation is 1. The Kier molecular flexibility index (Phi) is 5.28. The third-order valence-corrected chi connectivity index (χ3v) is 4.42. The molecule has 1 fully saturated rings. The molecule has 0 bridgehead atoms. The summed E-state index contributed by atoms with van der Waals surface area (Å²) in [7, 11) is 0. The second-order valence-corrected chi connectivity index (χ2v) is 6.26. The Morgan fingerprint density at radius 2 is 2.05 bits per heavy atom. The second-order valence-electron chi connectivity index (χ2n) is 5.27. The van der Waals surface area contributed by atoms with Crippen molar-refractivity contribution < 1.29 is 9.90 Å². The minimum atomic E-state index is -0.141. The molecule has 2 rings (SSSR count). The average Bonchev–Trinajstić information content (AvgIpc) is 2.36. The minimum absolute atomic E-state index is 0.0958. The molecule has 1 aliphatic carbocycles. The first kappa shape index (κ1) is 14.4. The van der Waals surface area contributed by atoms with E-state index in [4.69, 9.17) is 5.11 Å². The van der Waals surface area contributed by atoms with Gasteiger partial charge >= 0.3 is 0 Å². The number of nitrogens with one attached hydrogen (secondary N) is 1. The van der Waals surface area contributed by atoms with E-state index in [0.29, 0.717) is 18.2 Å². The van der Waals surface area contributed by atoms with Crippen LogP contribution in [0.1, 0.15) is 24.0 Å². The lowest BCUT2D eigenvalue weighted by atomic mass is 9.82. The van der Waals surface area contributed by atoms with Gasteiger partial charge < -0.3 is 10.4 Å². The van der Waals surface area contributed by atoms with Gasteiger partial charge in [0, 0.05) is 12.3 Å². The summed E-state index contributed by atoms with van der Waals surface area (Å²) in [5.41, 5.74) is 2.51. The van der Waals surface area contributed by atoms with Crippen molar-refractivity contribution in [2.45, 2.75) is 31.6 Å². The van der Waals surface area contributed by atoms with Crippen LogP contribution in [0.2, 0.25) is 0 Å². The summed E-state index contributed by atoms with van der Waals surface area (Å²) >= 11 is 1.64. The fraction of sp³-hybridized carbons (Fsp3) is 0.533. The summed E-state index contributed by atoms with van der Waals surface area (Å²) in [6.07, 6.45) is 1.52. The normalized spacial score (nSPS) is 21.8. The van der Waals surface area contributed by atoms with Crippen molar-refractivity contribution in [3.05, 3.63) is 35.4 Å². The van der Waals surface area contributed by atoms with Crippen LogP contribution in [-0.4, -0.2) is 29.4 Å². The summed E-state index contributed by atoms with van der Waals surface area (Å²) in [4.78, 5) is 11.6. The van der Waals surface area contributed by atoms with Crippen LogP contribution in [0.5, 0.6) is 0 Å². The highest BCUT2D eigenvalue weighted by Crippen LogP contribution is 2.26. The van der Waals surface area contributed by atoms with Crippen LogP contribution < -0.4 is 5.32 Å². The number of hydrogen-bond donors (Lipinski definition) is 2. The van der Waals surface area contributed by atoms with E-state index >= 15 is 0 Å². The van der Waals surface area contributed by atoms with E-state index in [1.54, 1.807) is 11.8 Å². The molecule has 0 aliphatic heterocycles. The Labute approximate surface area is 118 Å². The van der Waals surface area contributed by atoms with E-state index in [2.05, 4.69) is 36.5 Å². The van der Waals surface area contributed by atoms with Gasteiger partial charge in [0.05, 0.1) is 11.9 Å². The molecule has 19 heavy (non-hydrogen) atoms. The molecule has 2 N–H and O–H groups in total. The van der Waals surface area contributed by atoms with Gasteiger partial charge in [-0.05, 0) is 31.2 Å². The number of aliphatic hydroxyl groups excluding tert-OH is 1. The largest absolute Gasteiger partial charge is 0.393 e. The summed E-state index contributed by atoms with van der Waals surface area (Å²) < 4.78 is 0. The monoisotopic (exact) mass is 279 g/mol. The van der Waals surface area contributed by atoms with Crippen molar-refractivity contribution in [1.82, 2.24) is 5.32 Å². The lowest BCUT2D eigenvalue weighted by Crippen LogP contribution is -2.39. The predicted molar refractivity (Wildman–Crippen MR) is 79.1 cm³/mol. The number of aliphatic hydroxyl groups is 1. The Hall–Kier alpha value is -1.00. The van der Waals surface area contributed by atoms with Gasteiger partial charge in [0.15, 0.2) is 0 Å². The maximum Gasteiger partial charge on any atom is 0.230 e. The zero-order chi connectivity index (χ0) is 13.7. The maximum atomic E-state index is 11.6. The quantitative estimate of drug-likeness (QED) is 0.838. The molecule has 0 atom stereocenters. The summed E-state index contributed by atoms with van der Waals surface area (Å²) in [5.74, 6) is 1.94. The first-order valence-electron chi connectivity index (χ1n) is 6.71. The lowest BCUT2D eigenvalue weighted by molar-refractivity contribution is -0.119. The van der Waals surface area contributed by atoms with Crippen LogP contribution in [0.25, 0.3) is 0 Å². The van der Waals surface area contributed by atoms with Gasteiger partial charge in [0.25, 0.3) is 0 Å². The molecule has 1 aromatic rings. The number of carbonyl (C=O) groups excluding carboxylic acids is 1. The average molecular weight is 279 g/mol. The third kappa shape index (κ3) is 4.88. The number of amides is 1. The fourth-order valence-electron chi connectivity index (χ4n) is 2.12. The van der Waals surface area contributed by atoms with Crippen molar-refractivity contribution in [2.24, 2.45) is 5.92 Å². The van der Waals surface area contributed by atoms with Crippen molar-refractivity contribution in [2.75, 3.05) is 12.3 Å². The third-order valence-electron chi connectivity index (χ3n) is 3.42. The molecule has 1 aromatic carbocycles. The van der Waals surface area contributed by atoms with Crippen LogP contribution in [0.4, 0.5) is 0 Å². The van der Waals surface area contributed by atoms with E-state index in [9.17, 15) is 4.79 Å². The SMILES string of the molecule is Cc1ccc(CSCC(=O)NCC2CC(O)C2)cc1. The maximum absolute atomic E-state index is 11.6. The van der Waals surface area contributed by atoms with Crippen molar-refractivity contribution >= 4 is 17.7 Å². The highest BCUT2D eigenvalue weighted by atomic mass is 32.2. The molecule has 4 heteroatoms. The van der Waals surface area contributed by atoms with E-state index < -0.39 is 0 Å². The Balaban J connectivity index is 1.57. The smallest absolute Gasteiger partial charge is 0.230 e. The van der Waals surface area contributed by atoms with E-state index in [-0.39, 0.29) is 12.0 Å². The topological polar surface area (TPSA) is 49.3 Å². The molecule has 0 spiro atoms. The summed E-state index contributed by atoms with van der Waals surface area (Å²) in [6.45, 7) is 2.78.